The van der Waals surface area contributed by atoms with Gasteiger partial charge in [-0.05, 0) is 48.9 Å². The number of non-ortho nitro benzene ring substituents is 2. The van der Waals surface area contributed by atoms with Gasteiger partial charge in [0.25, 0.3) is 23.2 Å². The first kappa shape index (κ1) is 25.6. The SMILES string of the molecule is CCOc1cc(C(NC(=O)c2ccc([N+](=O)[O-])cc2)NC(=O)c2ccc([N+](=O)[O-])cc2)ccc1OC. The fourth-order valence-corrected chi connectivity index (χ4v) is 3.24. The zero-order valence-corrected chi connectivity index (χ0v) is 19.3. The van der Waals surface area contributed by atoms with Crippen LogP contribution in [0.1, 0.15) is 39.4 Å². The Balaban J connectivity index is 1.92. The van der Waals surface area contributed by atoms with Crippen molar-refractivity contribution in [1.29, 1.82) is 0 Å². The molecule has 0 heterocycles. The smallest absolute Gasteiger partial charge is 0.269 e. The van der Waals surface area contributed by atoms with E-state index in [0.29, 0.717) is 23.7 Å². The van der Waals surface area contributed by atoms with Crippen molar-refractivity contribution in [2.24, 2.45) is 0 Å². The Morgan fingerprint density at radius 2 is 1.28 bits per heavy atom. The molecule has 186 valence electrons. The molecule has 0 aliphatic carbocycles. The third kappa shape index (κ3) is 6.11. The molecule has 0 fully saturated rings. The average molecular weight is 494 g/mol. The number of nitrogens with one attached hydrogen (secondary N) is 2. The molecule has 0 bridgehead atoms. The highest BCUT2D eigenvalue weighted by atomic mass is 16.6. The maximum atomic E-state index is 12.9. The number of benzene rings is 3. The number of nitrogens with zero attached hydrogens (tertiary/aromatic N) is 2. The van der Waals surface area contributed by atoms with Crippen molar-refractivity contribution in [1.82, 2.24) is 10.6 Å². The Labute approximate surface area is 205 Å². The molecule has 0 aliphatic heterocycles. The molecule has 3 rings (SSSR count). The number of nitro benzene ring substituents is 2. The lowest BCUT2D eigenvalue weighted by Crippen LogP contribution is -2.41. The van der Waals surface area contributed by atoms with Gasteiger partial charge >= 0.3 is 0 Å². The van der Waals surface area contributed by atoms with E-state index in [0.717, 1.165) is 0 Å². The molecule has 3 aromatic carbocycles. The van der Waals surface area contributed by atoms with Crippen LogP contribution in [0.2, 0.25) is 0 Å². The molecule has 0 spiro atoms. The van der Waals surface area contributed by atoms with Crippen LogP contribution >= 0.6 is 0 Å². The van der Waals surface area contributed by atoms with Gasteiger partial charge in [0.15, 0.2) is 11.5 Å². The van der Waals surface area contributed by atoms with Crippen LogP contribution < -0.4 is 20.1 Å². The third-order valence-electron chi connectivity index (χ3n) is 5.05. The van der Waals surface area contributed by atoms with E-state index in [1.54, 1.807) is 25.1 Å². The summed E-state index contributed by atoms with van der Waals surface area (Å²) in [5.74, 6) is -0.375. The van der Waals surface area contributed by atoms with Crippen LogP contribution in [0.3, 0.4) is 0 Å². The Morgan fingerprint density at radius 1 is 0.806 bits per heavy atom. The predicted octanol–water partition coefficient (Wildman–Crippen LogP) is 3.77. The summed E-state index contributed by atoms with van der Waals surface area (Å²) < 4.78 is 10.9. The molecule has 0 atom stereocenters. The highest BCUT2D eigenvalue weighted by molar-refractivity contribution is 5.97. The van der Waals surface area contributed by atoms with Gasteiger partial charge in [0, 0.05) is 35.4 Å². The monoisotopic (exact) mass is 494 g/mol. The number of hydrogen-bond acceptors (Lipinski definition) is 8. The summed E-state index contributed by atoms with van der Waals surface area (Å²) in [6, 6.07) is 14.8. The van der Waals surface area contributed by atoms with Gasteiger partial charge in [-0.2, -0.15) is 0 Å². The number of hydrogen-bond donors (Lipinski definition) is 2. The van der Waals surface area contributed by atoms with E-state index in [4.69, 9.17) is 9.47 Å². The van der Waals surface area contributed by atoms with Gasteiger partial charge in [0.1, 0.15) is 6.17 Å². The van der Waals surface area contributed by atoms with E-state index in [1.165, 1.54) is 55.6 Å². The molecular weight excluding hydrogens is 472 g/mol. The first-order valence-corrected chi connectivity index (χ1v) is 10.6. The quantitative estimate of drug-likeness (QED) is 0.244. The van der Waals surface area contributed by atoms with Crippen molar-refractivity contribution < 1.29 is 28.9 Å². The van der Waals surface area contributed by atoms with Crippen molar-refractivity contribution >= 4 is 23.2 Å². The lowest BCUT2D eigenvalue weighted by atomic mass is 10.1. The van der Waals surface area contributed by atoms with E-state index in [2.05, 4.69) is 10.6 Å². The van der Waals surface area contributed by atoms with Gasteiger partial charge in [0.05, 0.1) is 23.6 Å². The molecule has 0 radical (unpaired) electrons. The van der Waals surface area contributed by atoms with Crippen molar-refractivity contribution in [3.05, 3.63) is 104 Å². The zero-order chi connectivity index (χ0) is 26.2. The number of carbonyl (C=O) groups excluding carboxylic acids is 2. The number of ether oxygens (including phenoxy) is 2. The van der Waals surface area contributed by atoms with Crippen molar-refractivity contribution in [2.45, 2.75) is 13.1 Å². The average Bonchev–Trinajstić information content (AvgIpc) is 2.88. The molecule has 0 unspecified atom stereocenters. The number of nitro groups is 2. The van der Waals surface area contributed by atoms with E-state index in [1.807, 2.05) is 0 Å². The van der Waals surface area contributed by atoms with E-state index < -0.39 is 27.8 Å². The van der Waals surface area contributed by atoms with Crippen LogP contribution in [0.4, 0.5) is 11.4 Å². The Morgan fingerprint density at radius 3 is 1.67 bits per heavy atom. The molecule has 3 aromatic rings. The molecule has 0 saturated heterocycles. The standard InChI is InChI=1S/C24H22N4O8/c1-3-36-21-14-17(8-13-20(21)35-2)22(25-23(29)15-4-9-18(10-5-15)27(31)32)26-24(30)16-6-11-19(12-7-16)28(33)34/h4-14,22H,3H2,1-2H3,(H,25,29)(H,26,30). The molecule has 0 saturated carbocycles. The van der Waals surface area contributed by atoms with E-state index in [9.17, 15) is 29.8 Å². The first-order valence-electron chi connectivity index (χ1n) is 10.6. The molecule has 36 heavy (non-hydrogen) atoms. The Bertz CT molecular complexity index is 1200. The van der Waals surface area contributed by atoms with Gasteiger partial charge in [0.2, 0.25) is 0 Å². The van der Waals surface area contributed by atoms with Crippen LogP contribution in [0.25, 0.3) is 0 Å². The topological polar surface area (TPSA) is 163 Å². The van der Waals surface area contributed by atoms with Crippen molar-refractivity contribution in [3.8, 4) is 11.5 Å². The number of methoxy groups -OCH3 is 1. The van der Waals surface area contributed by atoms with E-state index in [-0.39, 0.29) is 22.5 Å². The van der Waals surface area contributed by atoms with E-state index >= 15 is 0 Å². The number of rotatable bonds is 10. The third-order valence-corrected chi connectivity index (χ3v) is 5.05. The minimum Gasteiger partial charge on any atom is -0.493 e. The van der Waals surface area contributed by atoms with Crippen molar-refractivity contribution in [3.63, 3.8) is 0 Å². The summed E-state index contributed by atoms with van der Waals surface area (Å²) >= 11 is 0. The lowest BCUT2D eigenvalue weighted by molar-refractivity contribution is -0.385. The summed E-state index contributed by atoms with van der Waals surface area (Å²) in [5, 5.41) is 27.2. The molecule has 2 N–H and O–H groups in total. The zero-order valence-electron chi connectivity index (χ0n) is 19.3. The largest absolute Gasteiger partial charge is 0.493 e. The minimum absolute atomic E-state index is 0.133. The van der Waals surface area contributed by atoms with Crippen LogP contribution in [0.5, 0.6) is 11.5 Å². The Kier molecular flexibility index (Phi) is 8.13. The summed E-state index contributed by atoms with van der Waals surface area (Å²) in [6.07, 6.45) is -1.06. The van der Waals surface area contributed by atoms with Gasteiger partial charge in [-0.25, -0.2) is 0 Å². The highest BCUT2D eigenvalue weighted by Gasteiger charge is 2.22. The molecule has 0 aromatic heterocycles. The van der Waals surface area contributed by atoms with Crippen LogP contribution in [-0.2, 0) is 0 Å². The molecule has 12 heteroatoms. The van der Waals surface area contributed by atoms with Crippen LogP contribution in [-0.4, -0.2) is 35.4 Å². The molecule has 12 nitrogen and oxygen atoms in total. The maximum absolute atomic E-state index is 12.9. The maximum Gasteiger partial charge on any atom is 0.269 e. The Hall–Kier alpha value is -5.00. The predicted molar refractivity (Wildman–Crippen MR) is 128 cm³/mol. The van der Waals surface area contributed by atoms with Crippen molar-refractivity contribution in [2.75, 3.05) is 13.7 Å². The molecule has 2 amide bonds. The minimum atomic E-state index is -1.06. The first-order chi connectivity index (χ1) is 17.2. The van der Waals surface area contributed by atoms with Gasteiger partial charge < -0.3 is 20.1 Å². The lowest BCUT2D eigenvalue weighted by Gasteiger charge is -2.22. The highest BCUT2D eigenvalue weighted by Crippen LogP contribution is 2.30. The fourth-order valence-electron chi connectivity index (χ4n) is 3.24. The summed E-state index contributed by atoms with van der Waals surface area (Å²) in [7, 11) is 1.47. The summed E-state index contributed by atoms with van der Waals surface area (Å²) in [4.78, 5) is 46.5. The fraction of sp³-hybridized carbons (Fsp3) is 0.167. The summed E-state index contributed by atoms with van der Waals surface area (Å²) in [6.45, 7) is 2.13. The summed E-state index contributed by atoms with van der Waals surface area (Å²) in [5.41, 5.74) is 0.365. The van der Waals surface area contributed by atoms with Crippen LogP contribution in [0, 0.1) is 20.2 Å². The molecule has 0 aliphatic rings. The second-order valence-electron chi connectivity index (χ2n) is 7.33. The number of amides is 2. The van der Waals surface area contributed by atoms with Gasteiger partial charge in [-0.3, -0.25) is 29.8 Å². The van der Waals surface area contributed by atoms with Gasteiger partial charge in [-0.15, -0.1) is 0 Å². The second-order valence-corrected chi connectivity index (χ2v) is 7.33. The number of carbonyl (C=O) groups is 2. The molecular formula is C24H22N4O8. The second kappa shape index (κ2) is 11.4. The normalized spacial score (nSPS) is 10.4. The van der Waals surface area contributed by atoms with Crippen LogP contribution in [0.15, 0.2) is 66.7 Å². The van der Waals surface area contributed by atoms with Gasteiger partial charge in [-0.1, -0.05) is 6.07 Å².